The van der Waals surface area contributed by atoms with Crippen LogP contribution in [0.25, 0.3) is 0 Å². The Hall–Kier alpha value is -3.60. The number of amides is 1. The summed E-state index contributed by atoms with van der Waals surface area (Å²) in [6.45, 7) is 5.12. The highest BCUT2D eigenvalue weighted by Gasteiger charge is 2.50. The van der Waals surface area contributed by atoms with Crippen molar-refractivity contribution in [2.24, 2.45) is 17.8 Å². The van der Waals surface area contributed by atoms with Crippen molar-refractivity contribution in [2.45, 2.75) is 68.6 Å². The number of aromatic nitrogens is 1. The summed E-state index contributed by atoms with van der Waals surface area (Å²) in [6, 6.07) is 13.1. The van der Waals surface area contributed by atoms with Crippen LogP contribution >= 0.6 is 11.6 Å². The predicted octanol–water partition coefficient (Wildman–Crippen LogP) is 6.17. The third kappa shape index (κ3) is 6.10. The number of ether oxygens (including phenoxy) is 2. The van der Waals surface area contributed by atoms with Gasteiger partial charge in [-0.1, -0.05) is 36.7 Å². The second kappa shape index (κ2) is 12.9. The van der Waals surface area contributed by atoms with E-state index in [0.29, 0.717) is 48.2 Å². The van der Waals surface area contributed by atoms with Crippen LogP contribution in [0.15, 0.2) is 67.0 Å². The summed E-state index contributed by atoms with van der Waals surface area (Å²) in [6.07, 6.45) is 11.9. The predicted molar refractivity (Wildman–Crippen MR) is 190 cm³/mol. The lowest BCUT2D eigenvalue weighted by molar-refractivity contribution is -0.0515. The molecule has 2 aliphatic carbocycles. The van der Waals surface area contributed by atoms with Gasteiger partial charge in [0, 0.05) is 53.0 Å². The third-order valence-electron chi connectivity index (χ3n) is 11.6. The molecule has 7 rings (SSSR count). The number of pyridine rings is 1. The van der Waals surface area contributed by atoms with Gasteiger partial charge in [0.25, 0.3) is 5.91 Å². The summed E-state index contributed by atoms with van der Waals surface area (Å²) in [7, 11) is -2.43. The smallest absolute Gasteiger partial charge is 0.264 e. The number of sulfonamides is 1. The fourth-order valence-corrected chi connectivity index (χ4v) is 9.90. The third-order valence-corrected chi connectivity index (χ3v) is 13.7. The number of nitrogens with one attached hydrogen (secondary N) is 1. The number of methoxy groups -OCH3 is 1. The number of nitrogens with zero attached hydrogens (tertiary/aromatic N) is 2. The lowest BCUT2D eigenvalue weighted by Gasteiger charge is -2.49. The van der Waals surface area contributed by atoms with E-state index in [2.05, 4.69) is 26.7 Å². The van der Waals surface area contributed by atoms with E-state index in [1.165, 1.54) is 11.1 Å². The zero-order chi connectivity index (χ0) is 34.6. The zero-order valence-electron chi connectivity index (χ0n) is 28.2. The van der Waals surface area contributed by atoms with Gasteiger partial charge in [0.05, 0.1) is 24.7 Å². The molecular formula is C38H44ClN3O6S. The van der Waals surface area contributed by atoms with Gasteiger partial charge in [0.2, 0.25) is 10.0 Å². The fourth-order valence-electron chi connectivity index (χ4n) is 8.42. The molecule has 2 aliphatic heterocycles. The van der Waals surface area contributed by atoms with Gasteiger partial charge in [0.1, 0.15) is 17.1 Å². The number of hydrogen-bond donors (Lipinski definition) is 2. The summed E-state index contributed by atoms with van der Waals surface area (Å²) < 4.78 is 41.6. The molecule has 0 unspecified atom stereocenters. The Labute approximate surface area is 293 Å². The Morgan fingerprint density at radius 3 is 2.73 bits per heavy atom. The number of halogens is 1. The molecule has 3 heterocycles. The highest BCUT2D eigenvalue weighted by atomic mass is 35.5. The molecule has 2 N–H and O–H groups in total. The molecule has 11 heteroatoms. The van der Waals surface area contributed by atoms with Gasteiger partial charge in [-0.05, 0) is 105 Å². The average molecular weight is 706 g/mol. The molecule has 1 spiro atoms. The second-order valence-corrected chi connectivity index (χ2v) is 16.9. The van der Waals surface area contributed by atoms with Gasteiger partial charge >= 0.3 is 0 Å². The number of benzene rings is 2. The molecule has 9 nitrogen and oxygen atoms in total. The molecule has 0 radical (unpaired) electrons. The molecule has 260 valence electrons. The van der Waals surface area contributed by atoms with Crippen molar-refractivity contribution in [1.29, 1.82) is 0 Å². The minimum absolute atomic E-state index is 0.0814. The Kier molecular flexibility index (Phi) is 8.94. The number of rotatable bonds is 2. The number of hydrogen-bond acceptors (Lipinski definition) is 8. The van der Waals surface area contributed by atoms with Gasteiger partial charge in [0.15, 0.2) is 0 Å². The molecule has 2 aromatic carbocycles. The topological polar surface area (TPSA) is 118 Å². The Morgan fingerprint density at radius 1 is 1.12 bits per heavy atom. The molecule has 1 saturated carbocycles. The van der Waals surface area contributed by atoms with Crippen molar-refractivity contribution < 1.29 is 27.8 Å². The average Bonchev–Trinajstić information content (AvgIpc) is 3.22. The van der Waals surface area contributed by atoms with Gasteiger partial charge in [-0.25, -0.2) is 13.1 Å². The number of allylic oxidation sites excluding steroid dienone is 1. The molecule has 1 fully saturated rings. The minimum Gasteiger partial charge on any atom is -0.496 e. The Balaban J connectivity index is 1.36. The highest BCUT2D eigenvalue weighted by Crippen LogP contribution is 2.52. The second-order valence-electron chi connectivity index (χ2n) is 14.4. The highest BCUT2D eigenvalue weighted by molar-refractivity contribution is 7.90. The zero-order valence-corrected chi connectivity index (χ0v) is 29.8. The van der Waals surface area contributed by atoms with Crippen LogP contribution in [0.5, 0.6) is 11.5 Å². The minimum atomic E-state index is -4.02. The van der Waals surface area contributed by atoms with Crippen LogP contribution in [0, 0.1) is 17.8 Å². The molecule has 4 aliphatic rings. The van der Waals surface area contributed by atoms with Crippen molar-refractivity contribution in [2.75, 3.05) is 31.7 Å². The maximum atomic E-state index is 13.5. The van der Waals surface area contributed by atoms with Crippen molar-refractivity contribution in [3.8, 4) is 11.5 Å². The summed E-state index contributed by atoms with van der Waals surface area (Å²) >= 11 is 6.45. The SMILES string of the molecule is COc1ccncc1[C@@]1(O)/C=C/C[C@H](C)[C@@H](C)S(=O)(=O)NC(=O)c2ccc3c(c2)N(C[C@@H]2CC[C@H]21)C[C@@]1(CCCc2cc(Cl)ccc21)CO3. The number of carbonyl (C=O) groups excluding carboxylic acids is 1. The van der Waals surface area contributed by atoms with Crippen LogP contribution in [-0.4, -0.2) is 56.5 Å². The maximum absolute atomic E-state index is 13.5. The van der Waals surface area contributed by atoms with E-state index in [9.17, 15) is 18.3 Å². The number of anilines is 1. The lowest BCUT2D eigenvalue weighted by atomic mass is 9.62. The van der Waals surface area contributed by atoms with E-state index in [-0.39, 0.29) is 28.7 Å². The van der Waals surface area contributed by atoms with Crippen molar-refractivity contribution in [1.82, 2.24) is 9.71 Å². The first-order chi connectivity index (χ1) is 23.4. The molecule has 3 aromatic rings. The summed E-state index contributed by atoms with van der Waals surface area (Å²) in [5, 5.41) is 12.6. The first-order valence-electron chi connectivity index (χ1n) is 17.2. The van der Waals surface area contributed by atoms with E-state index >= 15 is 0 Å². The van der Waals surface area contributed by atoms with Crippen LogP contribution < -0.4 is 19.1 Å². The number of carbonyl (C=O) groups is 1. The molecule has 6 atom stereocenters. The summed E-state index contributed by atoms with van der Waals surface area (Å²) in [5.41, 5.74) is 2.27. The molecule has 1 amide bonds. The van der Waals surface area contributed by atoms with E-state index in [0.717, 1.165) is 37.8 Å². The first-order valence-corrected chi connectivity index (χ1v) is 19.1. The van der Waals surface area contributed by atoms with Gasteiger partial charge < -0.3 is 19.5 Å². The van der Waals surface area contributed by atoms with Crippen molar-refractivity contribution in [3.63, 3.8) is 0 Å². The summed E-state index contributed by atoms with van der Waals surface area (Å²) in [5.74, 6) is 0.0910. The first kappa shape index (κ1) is 33.9. The number of fused-ring (bicyclic) bond motifs is 4. The quantitative estimate of drug-likeness (QED) is 0.304. The maximum Gasteiger partial charge on any atom is 0.264 e. The molecular weight excluding hydrogens is 662 g/mol. The molecule has 1 aromatic heterocycles. The van der Waals surface area contributed by atoms with Crippen molar-refractivity contribution in [3.05, 3.63) is 94.3 Å². The fraction of sp³-hybridized carbons (Fsp3) is 0.474. The van der Waals surface area contributed by atoms with Crippen LogP contribution in [0.3, 0.4) is 0 Å². The van der Waals surface area contributed by atoms with Gasteiger partial charge in [-0.3, -0.25) is 9.78 Å². The van der Waals surface area contributed by atoms with Crippen LogP contribution in [0.4, 0.5) is 5.69 Å². The standard InChI is InChI=1S/C38H44ClN3O6S/c1-24-6-4-16-38(44,32-20-40-17-14-34(32)47-3)31-11-8-28(31)21-42-22-37(15-5-7-26-18-29(39)10-12-30(26)37)23-48-35-13-9-27(19-33(35)42)36(43)41-49(45,46)25(24)2/h4,9-10,12-14,16-20,24-25,28,31,44H,5-8,11,15,21-23H2,1-3H3,(H,41,43)/b16-4+/t24-,25+,28-,31+,37-,38+/m0/s1. The van der Waals surface area contributed by atoms with Crippen molar-refractivity contribution >= 4 is 33.2 Å². The number of aliphatic hydroxyl groups is 1. The lowest BCUT2D eigenvalue weighted by Crippen LogP contribution is -2.51. The Morgan fingerprint density at radius 2 is 1.96 bits per heavy atom. The largest absolute Gasteiger partial charge is 0.496 e. The van der Waals surface area contributed by atoms with Gasteiger partial charge in [-0.15, -0.1) is 0 Å². The van der Waals surface area contributed by atoms with Crippen LogP contribution in [-0.2, 0) is 27.5 Å². The molecule has 49 heavy (non-hydrogen) atoms. The number of aryl methyl sites for hydroxylation is 1. The van der Waals surface area contributed by atoms with E-state index in [4.69, 9.17) is 21.1 Å². The normalized spacial score (nSPS) is 31.6. The van der Waals surface area contributed by atoms with E-state index in [1.807, 2.05) is 25.1 Å². The van der Waals surface area contributed by atoms with E-state index in [1.54, 1.807) is 50.7 Å². The molecule has 0 saturated heterocycles. The summed E-state index contributed by atoms with van der Waals surface area (Å²) in [4.78, 5) is 20.2. The van der Waals surface area contributed by atoms with Gasteiger partial charge in [-0.2, -0.15) is 0 Å². The monoisotopic (exact) mass is 705 g/mol. The van der Waals surface area contributed by atoms with Crippen LogP contribution in [0.1, 0.15) is 73.0 Å². The van der Waals surface area contributed by atoms with E-state index < -0.39 is 26.8 Å². The Bertz CT molecular complexity index is 1900. The van der Waals surface area contributed by atoms with Crippen LogP contribution in [0.2, 0.25) is 5.02 Å². The molecule has 2 bridgehead atoms.